The maximum Gasteiger partial charge on any atom is 0.138 e. The molecule has 1 atom stereocenters. The average Bonchev–Trinajstić information content (AvgIpc) is 2.33. The lowest BCUT2D eigenvalue weighted by Gasteiger charge is -2.23. The Balaban J connectivity index is 1.82. The van der Waals surface area contributed by atoms with Crippen molar-refractivity contribution in [3.05, 3.63) is 33.4 Å². The van der Waals surface area contributed by atoms with E-state index >= 15 is 0 Å². The van der Waals surface area contributed by atoms with E-state index in [0.29, 0.717) is 19.4 Å². The van der Waals surface area contributed by atoms with Gasteiger partial charge >= 0.3 is 0 Å². The molecule has 0 aromatic heterocycles. The molecule has 1 fully saturated rings. The minimum atomic E-state index is 0.195. The van der Waals surface area contributed by atoms with Crippen molar-refractivity contribution in [1.82, 2.24) is 5.32 Å². The average molecular weight is 345 g/mol. The molecular weight excluding hydrogens is 329 g/mol. The highest BCUT2D eigenvalue weighted by atomic mass is 127. The molecule has 0 radical (unpaired) electrons. The minimum Gasteiger partial charge on any atom is -0.379 e. The smallest absolute Gasteiger partial charge is 0.138 e. The van der Waals surface area contributed by atoms with Crippen molar-refractivity contribution in [2.24, 2.45) is 0 Å². The van der Waals surface area contributed by atoms with Gasteiger partial charge in [0, 0.05) is 29.0 Å². The van der Waals surface area contributed by atoms with Gasteiger partial charge in [-0.05, 0) is 40.3 Å². The van der Waals surface area contributed by atoms with Crippen molar-refractivity contribution in [3.8, 4) is 0 Å². The minimum absolute atomic E-state index is 0.195. The number of benzene rings is 1. The Labute approximate surface area is 115 Å². The van der Waals surface area contributed by atoms with Crippen molar-refractivity contribution in [2.75, 3.05) is 19.8 Å². The van der Waals surface area contributed by atoms with Crippen LogP contribution in [0.25, 0.3) is 0 Å². The predicted octanol–water partition coefficient (Wildman–Crippen LogP) is 1.78. The molecule has 0 amide bonds. The van der Waals surface area contributed by atoms with Gasteiger partial charge in [0.05, 0.1) is 13.2 Å². The lowest BCUT2D eigenvalue weighted by molar-refractivity contribution is -0.119. The monoisotopic (exact) mass is 345 g/mol. The maximum absolute atomic E-state index is 11.9. The second kappa shape index (κ2) is 6.47. The first kappa shape index (κ1) is 13.0. The molecule has 17 heavy (non-hydrogen) atoms. The summed E-state index contributed by atoms with van der Waals surface area (Å²) >= 11 is 2.26. The molecular formula is C13H16INO2. The van der Waals surface area contributed by atoms with Crippen LogP contribution in [-0.4, -0.2) is 31.6 Å². The van der Waals surface area contributed by atoms with Crippen LogP contribution in [0, 0.1) is 3.57 Å². The first-order chi connectivity index (χ1) is 8.24. The highest BCUT2D eigenvalue weighted by molar-refractivity contribution is 14.1. The zero-order valence-corrected chi connectivity index (χ0v) is 11.8. The van der Waals surface area contributed by atoms with Gasteiger partial charge in [-0.1, -0.05) is 12.1 Å². The van der Waals surface area contributed by atoms with Gasteiger partial charge in [-0.3, -0.25) is 4.79 Å². The van der Waals surface area contributed by atoms with Crippen LogP contribution in [0.3, 0.4) is 0 Å². The van der Waals surface area contributed by atoms with E-state index in [4.69, 9.17) is 4.74 Å². The number of morpholine rings is 1. The molecule has 1 aromatic rings. The highest BCUT2D eigenvalue weighted by Gasteiger charge is 2.16. The van der Waals surface area contributed by atoms with Gasteiger partial charge in [0.2, 0.25) is 0 Å². The van der Waals surface area contributed by atoms with Crippen LogP contribution in [0.4, 0.5) is 0 Å². The molecule has 1 aliphatic heterocycles. The fraction of sp³-hybridized carbons (Fsp3) is 0.462. The van der Waals surface area contributed by atoms with Crippen LogP contribution in [0.2, 0.25) is 0 Å². The number of nitrogens with one attached hydrogen (secondary N) is 1. The van der Waals surface area contributed by atoms with E-state index in [9.17, 15) is 4.79 Å². The molecule has 1 aromatic carbocycles. The summed E-state index contributed by atoms with van der Waals surface area (Å²) in [5.41, 5.74) is 1.09. The molecule has 1 unspecified atom stereocenters. The molecule has 0 spiro atoms. The summed E-state index contributed by atoms with van der Waals surface area (Å²) in [5.74, 6) is 0.272. The van der Waals surface area contributed by atoms with Crippen molar-refractivity contribution in [2.45, 2.75) is 18.9 Å². The third-order valence-corrected chi connectivity index (χ3v) is 3.51. The summed E-state index contributed by atoms with van der Waals surface area (Å²) in [4.78, 5) is 11.9. The van der Waals surface area contributed by atoms with Crippen LogP contribution >= 0.6 is 22.6 Å². The second-order valence-electron chi connectivity index (χ2n) is 4.27. The van der Waals surface area contributed by atoms with Crippen molar-refractivity contribution < 1.29 is 9.53 Å². The summed E-state index contributed by atoms with van der Waals surface area (Å²) in [6, 6.07) is 8.30. The standard InChI is InChI=1S/C13H16INO2/c14-11-3-1-10(2-4-11)7-13(16)8-12-9-17-6-5-15-12/h1-4,12,15H,5-9H2. The van der Waals surface area contributed by atoms with E-state index < -0.39 is 0 Å². The quantitative estimate of drug-likeness (QED) is 0.846. The van der Waals surface area contributed by atoms with Crippen molar-refractivity contribution in [3.63, 3.8) is 0 Å². The van der Waals surface area contributed by atoms with Crippen LogP contribution < -0.4 is 5.32 Å². The van der Waals surface area contributed by atoms with E-state index in [2.05, 4.69) is 27.9 Å². The number of ether oxygens (including phenoxy) is 1. The van der Waals surface area contributed by atoms with Gasteiger partial charge in [0.15, 0.2) is 0 Å². The van der Waals surface area contributed by atoms with Gasteiger partial charge in [0.25, 0.3) is 0 Å². The molecule has 0 saturated carbocycles. The largest absolute Gasteiger partial charge is 0.379 e. The Morgan fingerprint density at radius 3 is 2.82 bits per heavy atom. The molecule has 1 N–H and O–H groups in total. The molecule has 0 aliphatic carbocycles. The third kappa shape index (κ3) is 4.37. The fourth-order valence-corrected chi connectivity index (χ4v) is 2.29. The second-order valence-corrected chi connectivity index (χ2v) is 5.52. The first-order valence-corrected chi connectivity index (χ1v) is 6.89. The van der Waals surface area contributed by atoms with E-state index in [1.165, 1.54) is 3.57 Å². The van der Waals surface area contributed by atoms with E-state index in [0.717, 1.165) is 18.7 Å². The van der Waals surface area contributed by atoms with Gasteiger partial charge in [0.1, 0.15) is 5.78 Å². The number of carbonyl (C=O) groups excluding carboxylic acids is 1. The van der Waals surface area contributed by atoms with E-state index in [1.807, 2.05) is 24.3 Å². The maximum atomic E-state index is 11.9. The van der Waals surface area contributed by atoms with Gasteiger partial charge < -0.3 is 10.1 Å². The number of ketones is 1. The van der Waals surface area contributed by atoms with Crippen LogP contribution in [-0.2, 0) is 16.0 Å². The molecule has 1 aliphatic rings. The normalized spacial score (nSPS) is 20.2. The van der Waals surface area contributed by atoms with Crippen molar-refractivity contribution in [1.29, 1.82) is 0 Å². The lowest BCUT2D eigenvalue weighted by atomic mass is 10.0. The summed E-state index contributed by atoms with van der Waals surface area (Å²) in [7, 11) is 0. The highest BCUT2D eigenvalue weighted by Crippen LogP contribution is 2.09. The topological polar surface area (TPSA) is 38.3 Å². The number of rotatable bonds is 4. The summed E-state index contributed by atoms with van der Waals surface area (Å²) in [5, 5.41) is 3.30. The zero-order chi connectivity index (χ0) is 12.1. The summed E-state index contributed by atoms with van der Waals surface area (Å²) in [6.07, 6.45) is 1.08. The Bertz CT molecular complexity index is 372. The first-order valence-electron chi connectivity index (χ1n) is 5.81. The van der Waals surface area contributed by atoms with Gasteiger partial charge in [-0.25, -0.2) is 0 Å². The SMILES string of the molecule is O=C(Cc1ccc(I)cc1)CC1COCCN1. The zero-order valence-electron chi connectivity index (χ0n) is 9.62. The summed E-state index contributed by atoms with van der Waals surface area (Å²) in [6.45, 7) is 2.25. The lowest BCUT2D eigenvalue weighted by Crippen LogP contribution is -2.42. The fourth-order valence-electron chi connectivity index (χ4n) is 1.93. The number of carbonyl (C=O) groups is 1. The Morgan fingerprint density at radius 1 is 1.41 bits per heavy atom. The number of hydrogen-bond donors (Lipinski definition) is 1. The molecule has 2 rings (SSSR count). The molecule has 3 nitrogen and oxygen atoms in total. The molecule has 0 bridgehead atoms. The van der Waals surface area contributed by atoms with Gasteiger partial charge in [-0.2, -0.15) is 0 Å². The number of halogens is 1. The number of hydrogen-bond acceptors (Lipinski definition) is 3. The van der Waals surface area contributed by atoms with E-state index in [-0.39, 0.29) is 11.8 Å². The molecule has 1 heterocycles. The third-order valence-electron chi connectivity index (χ3n) is 2.79. The Morgan fingerprint density at radius 2 is 2.18 bits per heavy atom. The van der Waals surface area contributed by atoms with Crippen molar-refractivity contribution >= 4 is 28.4 Å². The van der Waals surface area contributed by atoms with Gasteiger partial charge in [-0.15, -0.1) is 0 Å². The summed E-state index contributed by atoms with van der Waals surface area (Å²) < 4.78 is 6.53. The van der Waals surface area contributed by atoms with Crippen LogP contribution in [0.1, 0.15) is 12.0 Å². The molecule has 92 valence electrons. The van der Waals surface area contributed by atoms with Crippen LogP contribution in [0.5, 0.6) is 0 Å². The van der Waals surface area contributed by atoms with Crippen LogP contribution in [0.15, 0.2) is 24.3 Å². The predicted molar refractivity (Wildman–Crippen MR) is 75.1 cm³/mol. The van der Waals surface area contributed by atoms with E-state index in [1.54, 1.807) is 0 Å². The Kier molecular flexibility index (Phi) is 4.94. The molecule has 1 saturated heterocycles. The molecule has 4 heteroatoms. The number of Topliss-reactive ketones (excluding diaryl/α,β-unsaturated/α-hetero) is 1. The Hall–Kier alpha value is -0.460.